The van der Waals surface area contributed by atoms with Crippen molar-refractivity contribution in [3.63, 3.8) is 0 Å². The molecule has 0 aromatic rings. The third-order valence-corrected chi connectivity index (χ3v) is 4.79. The van der Waals surface area contributed by atoms with Gasteiger partial charge in [-0.05, 0) is 75.5 Å². The van der Waals surface area contributed by atoms with E-state index in [1.54, 1.807) is 0 Å². The quantitative estimate of drug-likeness (QED) is 0.608. The Morgan fingerprint density at radius 2 is 1.43 bits per heavy atom. The van der Waals surface area contributed by atoms with Crippen LogP contribution in [0.3, 0.4) is 0 Å². The largest absolute Gasteiger partial charge is 0.316 e. The van der Waals surface area contributed by atoms with E-state index in [1.165, 1.54) is 51.9 Å². The van der Waals surface area contributed by atoms with E-state index in [0.29, 0.717) is 0 Å². The minimum absolute atomic E-state index is 0.765. The maximum absolute atomic E-state index is 3.67. The van der Waals surface area contributed by atoms with Crippen LogP contribution in [0.1, 0.15) is 67.2 Å². The summed E-state index contributed by atoms with van der Waals surface area (Å²) < 4.78 is 0. The number of nitrogens with zero attached hydrogens (tertiary/aromatic N) is 1. The summed E-state index contributed by atoms with van der Waals surface area (Å²) in [5, 5.41) is 3.67. The van der Waals surface area contributed by atoms with Gasteiger partial charge >= 0.3 is 0 Å². The Kier molecular flexibility index (Phi) is 8.89. The molecule has 1 rings (SSSR count). The molecule has 0 bridgehead atoms. The van der Waals surface area contributed by atoms with Crippen LogP contribution in [-0.4, -0.2) is 37.1 Å². The second-order valence-electron chi connectivity index (χ2n) is 8.36. The summed E-state index contributed by atoms with van der Waals surface area (Å²) in [7, 11) is 0. The van der Waals surface area contributed by atoms with Gasteiger partial charge in [0.15, 0.2) is 0 Å². The molecule has 0 spiro atoms. The fourth-order valence-corrected chi connectivity index (χ4v) is 3.12. The summed E-state index contributed by atoms with van der Waals surface area (Å²) in [6, 6.07) is 0.849. The molecule has 1 saturated carbocycles. The van der Waals surface area contributed by atoms with Gasteiger partial charge in [0, 0.05) is 6.04 Å². The second kappa shape index (κ2) is 9.84. The third-order valence-electron chi connectivity index (χ3n) is 4.79. The fraction of sp³-hybridized carbons (Fsp3) is 1.00. The van der Waals surface area contributed by atoms with Gasteiger partial charge in [-0.25, -0.2) is 0 Å². The number of nitrogens with one attached hydrogen (secondary N) is 1. The van der Waals surface area contributed by atoms with Gasteiger partial charge in [-0.15, -0.1) is 0 Å². The van der Waals surface area contributed by atoms with Crippen molar-refractivity contribution in [2.45, 2.75) is 73.3 Å². The van der Waals surface area contributed by atoms with E-state index in [2.05, 4.69) is 51.8 Å². The highest BCUT2D eigenvalue weighted by atomic mass is 15.2. The molecule has 0 heterocycles. The van der Waals surface area contributed by atoms with E-state index in [1.807, 2.05) is 0 Å². The normalized spacial score (nSPS) is 22.6. The summed E-state index contributed by atoms with van der Waals surface area (Å²) >= 11 is 0. The zero-order chi connectivity index (χ0) is 15.8. The fourth-order valence-electron chi connectivity index (χ4n) is 3.12. The van der Waals surface area contributed by atoms with Crippen LogP contribution in [0.2, 0.25) is 0 Å². The van der Waals surface area contributed by atoms with E-state index >= 15 is 0 Å². The molecule has 0 aliphatic heterocycles. The minimum Gasteiger partial charge on any atom is -0.316 e. The molecular formula is C19H40N2. The van der Waals surface area contributed by atoms with Crippen molar-refractivity contribution in [1.82, 2.24) is 10.2 Å². The van der Waals surface area contributed by atoms with Crippen LogP contribution in [0.25, 0.3) is 0 Å². The highest BCUT2D eigenvalue weighted by Gasteiger charge is 2.34. The minimum atomic E-state index is 0.765. The maximum atomic E-state index is 3.67. The van der Waals surface area contributed by atoms with Crippen LogP contribution in [-0.2, 0) is 0 Å². The highest BCUT2D eigenvalue weighted by molar-refractivity contribution is 4.90. The molecule has 0 saturated heterocycles. The van der Waals surface area contributed by atoms with E-state index in [0.717, 1.165) is 29.7 Å². The van der Waals surface area contributed by atoms with Crippen LogP contribution in [0, 0.1) is 23.7 Å². The predicted molar refractivity (Wildman–Crippen MR) is 94.7 cm³/mol. The molecule has 1 N–H and O–H groups in total. The average Bonchev–Trinajstić information content (AvgIpc) is 2.35. The molecule has 126 valence electrons. The van der Waals surface area contributed by atoms with E-state index in [-0.39, 0.29) is 0 Å². The lowest BCUT2D eigenvalue weighted by Crippen LogP contribution is -2.51. The van der Waals surface area contributed by atoms with Crippen LogP contribution in [0.4, 0.5) is 0 Å². The van der Waals surface area contributed by atoms with Gasteiger partial charge in [0.05, 0.1) is 0 Å². The number of hydrogen-bond donors (Lipinski definition) is 1. The van der Waals surface area contributed by atoms with E-state index in [9.17, 15) is 0 Å². The molecule has 1 fully saturated rings. The Bertz CT molecular complexity index is 248. The lowest BCUT2D eigenvalue weighted by atomic mass is 9.78. The van der Waals surface area contributed by atoms with Gasteiger partial charge in [-0.1, -0.05) is 41.5 Å². The molecule has 1 aliphatic rings. The Hall–Kier alpha value is -0.0800. The van der Waals surface area contributed by atoms with Gasteiger partial charge in [0.25, 0.3) is 0 Å². The summed E-state index contributed by atoms with van der Waals surface area (Å²) in [6.45, 7) is 19.0. The highest BCUT2D eigenvalue weighted by Crippen LogP contribution is 2.32. The first-order valence-electron chi connectivity index (χ1n) is 9.34. The van der Waals surface area contributed by atoms with Gasteiger partial charge in [-0.2, -0.15) is 0 Å². The molecule has 2 atom stereocenters. The molecule has 0 radical (unpaired) electrons. The van der Waals surface area contributed by atoms with Crippen molar-refractivity contribution in [3.8, 4) is 0 Å². The summed E-state index contributed by atoms with van der Waals surface area (Å²) in [6.07, 6.45) is 5.54. The predicted octanol–water partition coefficient (Wildman–Crippen LogP) is 4.40. The Morgan fingerprint density at radius 3 is 1.81 bits per heavy atom. The molecule has 21 heavy (non-hydrogen) atoms. The maximum Gasteiger partial charge on any atom is 0.0136 e. The molecule has 0 amide bonds. The first-order chi connectivity index (χ1) is 9.90. The van der Waals surface area contributed by atoms with E-state index < -0.39 is 0 Å². The summed E-state index contributed by atoms with van der Waals surface area (Å²) in [5.41, 5.74) is 0. The first kappa shape index (κ1) is 19.0. The molecular weight excluding hydrogens is 256 g/mol. The van der Waals surface area contributed by atoms with Crippen molar-refractivity contribution in [3.05, 3.63) is 0 Å². The van der Waals surface area contributed by atoms with Crippen molar-refractivity contribution >= 4 is 0 Å². The van der Waals surface area contributed by atoms with Crippen molar-refractivity contribution in [1.29, 1.82) is 0 Å². The molecule has 2 unspecified atom stereocenters. The molecule has 2 nitrogen and oxygen atoms in total. The van der Waals surface area contributed by atoms with E-state index in [4.69, 9.17) is 0 Å². The van der Waals surface area contributed by atoms with Gasteiger partial charge < -0.3 is 10.2 Å². The summed E-state index contributed by atoms with van der Waals surface area (Å²) in [5.74, 6) is 3.30. The smallest absolute Gasteiger partial charge is 0.0136 e. The standard InChI is InChI=1S/C19H40N2/c1-15(2)9-11-21(12-10-16(3)4)19-8-7-18(19)14-20-13-17(5)6/h15-20H,7-14H2,1-6H3. The van der Waals surface area contributed by atoms with Gasteiger partial charge in [-0.3, -0.25) is 0 Å². The van der Waals surface area contributed by atoms with Crippen LogP contribution >= 0.6 is 0 Å². The number of hydrogen-bond acceptors (Lipinski definition) is 2. The zero-order valence-corrected chi connectivity index (χ0v) is 15.5. The molecule has 0 aromatic heterocycles. The first-order valence-corrected chi connectivity index (χ1v) is 9.34. The van der Waals surface area contributed by atoms with Crippen molar-refractivity contribution in [2.75, 3.05) is 26.2 Å². The SMILES string of the molecule is CC(C)CCN(CCC(C)C)C1CCC1CNCC(C)C. The average molecular weight is 297 g/mol. The van der Waals surface area contributed by atoms with Crippen LogP contribution < -0.4 is 5.32 Å². The van der Waals surface area contributed by atoms with Gasteiger partial charge in [0.2, 0.25) is 0 Å². The topological polar surface area (TPSA) is 15.3 Å². The van der Waals surface area contributed by atoms with Crippen LogP contribution in [0.5, 0.6) is 0 Å². The van der Waals surface area contributed by atoms with Gasteiger partial charge in [0.1, 0.15) is 0 Å². The van der Waals surface area contributed by atoms with Crippen LogP contribution in [0.15, 0.2) is 0 Å². The Balaban J connectivity index is 2.40. The lowest BCUT2D eigenvalue weighted by Gasteiger charge is -2.45. The monoisotopic (exact) mass is 296 g/mol. The second-order valence-corrected chi connectivity index (χ2v) is 8.36. The number of rotatable bonds is 11. The lowest BCUT2D eigenvalue weighted by molar-refractivity contribution is 0.0540. The molecule has 1 aliphatic carbocycles. The third kappa shape index (κ3) is 7.65. The van der Waals surface area contributed by atoms with Crippen molar-refractivity contribution in [2.24, 2.45) is 23.7 Å². The molecule has 2 heteroatoms. The summed E-state index contributed by atoms with van der Waals surface area (Å²) in [4.78, 5) is 2.81. The Labute approximate surface area is 134 Å². The Morgan fingerprint density at radius 1 is 0.857 bits per heavy atom. The zero-order valence-electron chi connectivity index (χ0n) is 15.5. The van der Waals surface area contributed by atoms with Crippen molar-refractivity contribution < 1.29 is 0 Å². The molecule has 0 aromatic carbocycles.